The van der Waals surface area contributed by atoms with Crippen LogP contribution in [0.4, 0.5) is 0 Å². The SMILES string of the molecule is CC(C)c1cc(O)c2nc[nH]c2c1. The number of imidazole rings is 1. The predicted octanol–water partition coefficient (Wildman–Crippen LogP) is 2.39. The number of nitrogens with zero attached hydrogens (tertiary/aromatic N) is 1. The topological polar surface area (TPSA) is 48.9 Å². The van der Waals surface area contributed by atoms with E-state index < -0.39 is 0 Å². The second-order valence-corrected chi connectivity index (χ2v) is 3.49. The summed E-state index contributed by atoms with van der Waals surface area (Å²) in [5.41, 5.74) is 2.65. The highest BCUT2D eigenvalue weighted by molar-refractivity contribution is 5.81. The fourth-order valence-electron chi connectivity index (χ4n) is 1.39. The zero-order valence-electron chi connectivity index (χ0n) is 7.70. The van der Waals surface area contributed by atoms with Crippen molar-refractivity contribution in [2.45, 2.75) is 19.8 Å². The molecule has 0 saturated carbocycles. The van der Waals surface area contributed by atoms with Gasteiger partial charge in [0.05, 0.1) is 11.8 Å². The average Bonchev–Trinajstić information content (AvgIpc) is 2.51. The summed E-state index contributed by atoms with van der Waals surface area (Å²) in [5.74, 6) is 0.668. The van der Waals surface area contributed by atoms with Crippen molar-refractivity contribution >= 4 is 11.0 Å². The standard InChI is InChI=1S/C10H12N2O/c1-6(2)7-3-8-10(9(13)4-7)12-5-11-8/h3-6,13H,1-2H3,(H,11,12). The molecule has 2 aromatic rings. The van der Waals surface area contributed by atoms with E-state index in [1.807, 2.05) is 6.07 Å². The monoisotopic (exact) mass is 176 g/mol. The molecule has 0 saturated heterocycles. The molecule has 3 heteroatoms. The number of aromatic nitrogens is 2. The van der Waals surface area contributed by atoms with Crippen molar-refractivity contribution in [1.82, 2.24) is 9.97 Å². The normalized spacial score (nSPS) is 11.3. The third-order valence-corrected chi connectivity index (χ3v) is 2.19. The lowest BCUT2D eigenvalue weighted by Gasteiger charge is -2.05. The number of hydrogen-bond acceptors (Lipinski definition) is 2. The van der Waals surface area contributed by atoms with E-state index in [-0.39, 0.29) is 5.75 Å². The molecule has 0 spiro atoms. The lowest BCUT2D eigenvalue weighted by molar-refractivity contribution is 0.479. The Morgan fingerprint density at radius 2 is 2.15 bits per heavy atom. The van der Waals surface area contributed by atoms with E-state index in [9.17, 15) is 5.11 Å². The Hall–Kier alpha value is -1.51. The van der Waals surface area contributed by atoms with Crippen molar-refractivity contribution in [3.05, 3.63) is 24.0 Å². The fraction of sp³-hybridized carbons (Fsp3) is 0.300. The smallest absolute Gasteiger partial charge is 0.143 e. The summed E-state index contributed by atoms with van der Waals surface area (Å²) in [7, 11) is 0. The zero-order valence-corrected chi connectivity index (χ0v) is 7.70. The number of hydrogen-bond donors (Lipinski definition) is 2. The molecule has 0 aliphatic rings. The van der Waals surface area contributed by atoms with E-state index in [2.05, 4.69) is 23.8 Å². The van der Waals surface area contributed by atoms with Crippen LogP contribution >= 0.6 is 0 Å². The van der Waals surface area contributed by atoms with Crippen LogP contribution in [0.15, 0.2) is 18.5 Å². The second-order valence-electron chi connectivity index (χ2n) is 3.49. The van der Waals surface area contributed by atoms with Gasteiger partial charge in [0.2, 0.25) is 0 Å². The van der Waals surface area contributed by atoms with Crippen LogP contribution in [0.5, 0.6) is 5.75 Å². The molecule has 68 valence electrons. The van der Waals surface area contributed by atoms with Crippen LogP contribution in [-0.4, -0.2) is 15.1 Å². The Labute approximate surface area is 76.4 Å². The predicted molar refractivity (Wildman–Crippen MR) is 51.8 cm³/mol. The first-order valence-corrected chi connectivity index (χ1v) is 4.34. The number of phenols is 1. The first-order chi connectivity index (χ1) is 6.18. The maximum absolute atomic E-state index is 9.61. The van der Waals surface area contributed by atoms with Gasteiger partial charge in [0.15, 0.2) is 0 Å². The molecule has 0 aliphatic heterocycles. The molecule has 2 N–H and O–H groups in total. The lowest BCUT2D eigenvalue weighted by atomic mass is 10.0. The third kappa shape index (κ3) is 1.26. The second kappa shape index (κ2) is 2.76. The number of aromatic hydroxyl groups is 1. The number of rotatable bonds is 1. The number of fused-ring (bicyclic) bond motifs is 1. The van der Waals surface area contributed by atoms with E-state index in [1.165, 1.54) is 0 Å². The molecule has 1 aromatic carbocycles. The highest BCUT2D eigenvalue weighted by atomic mass is 16.3. The van der Waals surface area contributed by atoms with Crippen LogP contribution in [0.2, 0.25) is 0 Å². The van der Waals surface area contributed by atoms with Crippen LogP contribution < -0.4 is 0 Å². The van der Waals surface area contributed by atoms with Gasteiger partial charge >= 0.3 is 0 Å². The summed E-state index contributed by atoms with van der Waals surface area (Å²) in [4.78, 5) is 7.00. The minimum absolute atomic E-state index is 0.252. The molecule has 0 atom stereocenters. The van der Waals surface area contributed by atoms with Crippen LogP contribution in [-0.2, 0) is 0 Å². The highest BCUT2D eigenvalue weighted by Gasteiger charge is 2.06. The van der Waals surface area contributed by atoms with Gasteiger partial charge in [-0.15, -0.1) is 0 Å². The Kier molecular flexibility index (Phi) is 1.72. The molecule has 0 bridgehead atoms. The third-order valence-electron chi connectivity index (χ3n) is 2.19. The van der Waals surface area contributed by atoms with Gasteiger partial charge in [0, 0.05) is 0 Å². The van der Waals surface area contributed by atoms with Gasteiger partial charge in [-0.25, -0.2) is 4.98 Å². The largest absolute Gasteiger partial charge is 0.506 e. The summed E-state index contributed by atoms with van der Waals surface area (Å²) in [5, 5.41) is 9.61. The molecule has 3 nitrogen and oxygen atoms in total. The fourth-order valence-corrected chi connectivity index (χ4v) is 1.39. The van der Waals surface area contributed by atoms with Crippen molar-refractivity contribution in [1.29, 1.82) is 0 Å². The van der Waals surface area contributed by atoms with Crippen molar-refractivity contribution in [3.63, 3.8) is 0 Å². The molecule has 0 unspecified atom stereocenters. The summed E-state index contributed by atoms with van der Waals surface area (Å²) < 4.78 is 0. The molecule has 2 rings (SSSR count). The van der Waals surface area contributed by atoms with Crippen LogP contribution in [0.1, 0.15) is 25.3 Å². The van der Waals surface area contributed by atoms with Crippen molar-refractivity contribution < 1.29 is 5.11 Å². The summed E-state index contributed by atoms with van der Waals surface area (Å²) >= 11 is 0. The van der Waals surface area contributed by atoms with Gasteiger partial charge in [0.1, 0.15) is 11.3 Å². The number of benzene rings is 1. The first-order valence-electron chi connectivity index (χ1n) is 4.34. The van der Waals surface area contributed by atoms with Crippen LogP contribution in [0.25, 0.3) is 11.0 Å². The number of aromatic amines is 1. The van der Waals surface area contributed by atoms with Crippen LogP contribution in [0, 0.1) is 0 Å². The Morgan fingerprint density at radius 1 is 1.38 bits per heavy atom. The van der Waals surface area contributed by atoms with Gasteiger partial charge < -0.3 is 10.1 Å². The Bertz CT molecular complexity index is 431. The first kappa shape index (κ1) is 8.10. The summed E-state index contributed by atoms with van der Waals surface area (Å²) in [6, 6.07) is 3.79. The lowest BCUT2D eigenvalue weighted by Crippen LogP contribution is -1.86. The van der Waals surface area contributed by atoms with E-state index in [1.54, 1.807) is 12.4 Å². The Morgan fingerprint density at radius 3 is 2.85 bits per heavy atom. The van der Waals surface area contributed by atoms with E-state index in [0.717, 1.165) is 11.1 Å². The van der Waals surface area contributed by atoms with Gasteiger partial charge in [-0.2, -0.15) is 0 Å². The van der Waals surface area contributed by atoms with Crippen molar-refractivity contribution in [2.75, 3.05) is 0 Å². The summed E-state index contributed by atoms with van der Waals surface area (Å²) in [6.45, 7) is 4.19. The molecule has 13 heavy (non-hydrogen) atoms. The van der Waals surface area contributed by atoms with Gasteiger partial charge in [-0.1, -0.05) is 13.8 Å². The van der Waals surface area contributed by atoms with Crippen LogP contribution in [0.3, 0.4) is 0 Å². The minimum atomic E-state index is 0.252. The van der Waals surface area contributed by atoms with Gasteiger partial charge in [-0.3, -0.25) is 0 Å². The Balaban J connectivity index is 2.70. The maximum atomic E-state index is 9.61. The highest BCUT2D eigenvalue weighted by Crippen LogP contribution is 2.27. The van der Waals surface area contributed by atoms with Gasteiger partial charge in [-0.05, 0) is 23.6 Å². The summed E-state index contributed by atoms with van der Waals surface area (Å²) in [6.07, 6.45) is 1.59. The number of nitrogens with one attached hydrogen (secondary N) is 1. The molecule has 0 amide bonds. The molecular formula is C10H12N2O. The average molecular weight is 176 g/mol. The molecule has 0 radical (unpaired) electrons. The molecule has 0 fully saturated rings. The molecule has 1 aromatic heterocycles. The van der Waals surface area contributed by atoms with Crippen molar-refractivity contribution in [3.8, 4) is 5.75 Å². The number of H-pyrrole nitrogens is 1. The maximum Gasteiger partial charge on any atom is 0.143 e. The van der Waals surface area contributed by atoms with E-state index in [4.69, 9.17) is 0 Å². The zero-order chi connectivity index (χ0) is 9.42. The van der Waals surface area contributed by atoms with Gasteiger partial charge in [0.25, 0.3) is 0 Å². The molecular weight excluding hydrogens is 164 g/mol. The molecule has 0 aliphatic carbocycles. The number of phenolic OH excluding ortho intramolecular Hbond substituents is 1. The minimum Gasteiger partial charge on any atom is -0.506 e. The van der Waals surface area contributed by atoms with E-state index >= 15 is 0 Å². The van der Waals surface area contributed by atoms with E-state index in [0.29, 0.717) is 11.4 Å². The van der Waals surface area contributed by atoms with Crippen molar-refractivity contribution in [2.24, 2.45) is 0 Å². The molecule has 1 heterocycles. The quantitative estimate of drug-likeness (QED) is 0.700.